The first-order chi connectivity index (χ1) is 9.86. The highest BCUT2D eigenvalue weighted by Gasteiger charge is 2.19. The fourth-order valence-corrected chi connectivity index (χ4v) is 2.57. The maximum absolute atomic E-state index is 5.62. The maximum atomic E-state index is 5.62. The molecule has 0 saturated carbocycles. The van der Waals surface area contributed by atoms with Gasteiger partial charge in [0, 0.05) is 19.6 Å². The van der Waals surface area contributed by atoms with E-state index in [1.54, 1.807) is 6.26 Å². The minimum absolute atomic E-state index is 0.743. The molecule has 0 aliphatic carbocycles. The van der Waals surface area contributed by atoms with Crippen molar-refractivity contribution in [1.29, 1.82) is 0 Å². The molecule has 1 aromatic heterocycles. The van der Waals surface area contributed by atoms with Crippen molar-refractivity contribution >= 4 is 6.01 Å². The summed E-state index contributed by atoms with van der Waals surface area (Å²) in [5, 5.41) is 3.34. The lowest BCUT2D eigenvalue weighted by Crippen LogP contribution is -2.30. The summed E-state index contributed by atoms with van der Waals surface area (Å²) in [5.74, 6) is 0. The normalized spacial score (nSPS) is 14.3. The molecule has 2 aromatic rings. The molecule has 1 aliphatic rings. The van der Waals surface area contributed by atoms with Crippen molar-refractivity contribution in [1.82, 2.24) is 10.3 Å². The highest BCUT2D eigenvalue weighted by Crippen LogP contribution is 2.23. The number of nitrogens with one attached hydrogen (secondary N) is 1. The molecule has 0 bridgehead atoms. The van der Waals surface area contributed by atoms with Gasteiger partial charge in [-0.05, 0) is 30.5 Å². The highest BCUT2D eigenvalue weighted by atomic mass is 16.4. The van der Waals surface area contributed by atoms with Crippen LogP contribution in [0, 0.1) is 0 Å². The third-order valence-corrected chi connectivity index (χ3v) is 3.67. The van der Waals surface area contributed by atoms with Crippen LogP contribution in [0.25, 0.3) is 0 Å². The van der Waals surface area contributed by atoms with Crippen LogP contribution in [0.3, 0.4) is 0 Å². The van der Waals surface area contributed by atoms with Gasteiger partial charge in [-0.15, -0.1) is 0 Å². The Morgan fingerprint density at radius 1 is 1.30 bits per heavy atom. The second kappa shape index (κ2) is 6.09. The Balaban J connectivity index is 1.66. The van der Waals surface area contributed by atoms with Gasteiger partial charge in [-0.1, -0.05) is 31.2 Å². The maximum Gasteiger partial charge on any atom is 0.297 e. The van der Waals surface area contributed by atoms with E-state index in [-0.39, 0.29) is 0 Å². The number of fused-ring (bicyclic) bond motifs is 1. The van der Waals surface area contributed by atoms with Crippen LogP contribution in [-0.4, -0.2) is 18.1 Å². The summed E-state index contributed by atoms with van der Waals surface area (Å²) in [7, 11) is 0. The summed E-state index contributed by atoms with van der Waals surface area (Å²) in [6, 6.07) is 9.35. The Bertz CT molecular complexity index is 564. The van der Waals surface area contributed by atoms with E-state index in [4.69, 9.17) is 4.42 Å². The summed E-state index contributed by atoms with van der Waals surface area (Å²) in [4.78, 5) is 6.79. The van der Waals surface area contributed by atoms with Crippen LogP contribution < -0.4 is 10.2 Å². The molecule has 1 N–H and O–H groups in total. The molecule has 0 atom stereocenters. The summed E-state index contributed by atoms with van der Waals surface area (Å²) >= 11 is 0. The second-order valence-corrected chi connectivity index (χ2v) is 5.24. The van der Waals surface area contributed by atoms with Gasteiger partial charge in [0.1, 0.15) is 6.26 Å². The Hall–Kier alpha value is -1.81. The van der Waals surface area contributed by atoms with E-state index < -0.39 is 0 Å². The standard InChI is InChI=1S/C16H21N3O/c1-2-8-17-10-15-12-20-16(18-15)19-9-7-13-5-3-4-6-14(13)11-19/h3-6,12,17H,2,7-11H2,1H3. The van der Waals surface area contributed by atoms with Gasteiger partial charge in [-0.3, -0.25) is 0 Å². The van der Waals surface area contributed by atoms with Crippen LogP contribution in [0.2, 0.25) is 0 Å². The molecular weight excluding hydrogens is 250 g/mol. The molecule has 0 radical (unpaired) electrons. The van der Waals surface area contributed by atoms with Crippen molar-refractivity contribution in [3.63, 3.8) is 0 Å². The third-order valence-electron chi connectivity index (χ3n) is 3.67. The smallest absolute Gasteiger partial charge is 0.297 e. The molecule has 20 heavy (non-hydrogen) atoms. The summed E-state index contributed by atoms with van der Waals surface area (Å²) in [6.07, 6.45) is 3.95. The lowest BCUT2D eigenvalue weighted by atomic mass is 10.0. The van der Waals surface area contributed by atoms with Gasteiger partial charge in [-0.25, -0.2) is 0 Å². The number of hydrogen-bond donors (Lipinski definition) is 1. The SMILES string of the molecule is CCCNCc1coc(N2CCc3ccccc3C2)n1. The first-order valence-corrected chi connectivity index (χ1v) is 7.33. The zero-order chi connectivity index (χ0) is 13.8. The average Bonchev–Trinajstić information content (AvgIpc) is 2.96. The van der Waals surface area contributed by atoms with E-state index in [1.807, 2.05) is 0 Å². The third kappa shape index (κ3) is 2.85. The molecule has 4 heteroatoms. The number of oxazole rings is 1. The van der Waals surface area contributed by atoms with Gasteiger partial charge in [0.15, 0.2) is 0 Å². The molecular formula is C16H21N3O. The van der Waals surface area contributed by atoms with Crippen LogP contribution in [0.5, 0.6) is 0 Å². The molecule has 0 spiro atoms. The number of hydrogen-bond acceptors (Lipinski definition) is 4. The van der Waals surface area contributed by atoms with Gasteiger partial charge >= 0.3 is 0 Å². The van der Waals surface area contributed by atoms with Gasteiger partial charge in [-0.2, -0.15) is 4.98 Å². The minimum Gasteiger partial charge on any atom is -0.432 e. The van der Waals surface area contributed by atoms with E-state index in [1.165, 1.54) is 11.1 Å². The Kier molecular flexibility index (Phi) is 4.02. The number of rotatable bonds is 5. The van der Waals surface area contributed by atoms with Crippen LogP contribution >= 0.6 is 0 Å². The van der Waals surface area contributed by atoms with Gasteiger partial charge in [0.05, 0.1) is 5.69 Å². The first kappa shape index (κ1) is 13.2. The topological polar surface area (TPSA) is 41.3 Å². The predicted molar refractivity (Wildman–Crippen MR) is 79.7 cm³/mol. The molecule has 0 unspecified atom stereocenters. The van der Waals surface area contributed by atoms with E-state index in [9.17, 15) is 0 Å². The molecule has 106 valence electrons. The number of nitrogens with zero attached hydrogens (tertiary/aromatic N) is 2. The molecule has 0 amide bonds. The largest absolute Gasteiger partial charge is 0.432 e. The van der Waals surface area contributed by atoms with E-state index in [2.05, 4.69) is 46.4 Å². The zero-order valence-corrected chi connectivity index (χ0v) is 11.9. The van der Waals surface area contributed by atoms with Crippen molar-refractivity contribution in [3.8, 4) is 0 Å². The molecule has 0 fully saturated rings. The van der Waals surface area contributed by atoms with Gasteiger partial charge in [0.25, 0.3) is 6.01 Å². The second-order valence-electron chi connectivity index (χ2n) is 5.24. The Morgan fingerprint density at radius 2 is 2.15 bits per heavy atom. The van der Waals surface area contributed by atoms with Crippen LogP contribution in [-0.2, 0) is 19.5 Å². The fourth-order valence-electron chi connectivity index (χ4n) is 2.57. The van der Waals surface area contributed by atoms with E-state index in [0.29, 0.717) is 0 Å². The number of aromatic nitrogens is 1. The Morgan fingerprint density at radius 3 is 3.00 bits per heavy atom. The quantitative estimate of drug-likeness (QED) is 0.849. The van der Waals surface area contributed by atoms with E-state index >= 15 is 0 Å². The zero-order valence-electron chi connectivity index (χ0n) is 11.9. The fraction of sp³-hybridized carbons (Fsp3) is 0.438. The first-order valence-electron chi connectivity index (χ1n) is 7.33. The molecule has 3 rings (SSSR count). The predicted octanol–water partition coefficient (Wildman–Crippen LogP) is 2.74. The van der Waals surface area contributed by atoms with Crippen LogP contribution in [0.4, 0.5) is 6.01 Å². The molecule has 1 aromatic carbocycles. The van der Waals surface area contributed by atoms with Crippen LogP contribution in [0.1, 0.15) is 30.2 Å². The van der Waals surface area contributed by atoms with Crippen molar-refractivity contribution in [2.75, 3.05) is 18.0 Å². The van der Waals surface area contributed by atoms with Crippen molar-refractivity contribution in [3.05, 3.63) is 47.3 Å². The highest BCUT2D eigenvalue weighted by molar-refractivity contribution is 5.38. The van der Waals surface area contributed by atoms with Gasteiger partial charge < -0.3 is 14.6 Å². The van der Waals surface area contributed by atoms with Crippen molar-refractivity contribution in [2.24, 2.45) is 0 Å². The molecule has 1 aliphatic heterocycles. The number of anilines is 1. The van der Waals surface area contributed by atoms with E-state index in [0.717, 1.165) is 50.7 Å². The monoisotopic (exact) mass is 271 g/mol. The van der Waals surface area contributed by atoms with Crippen molar-refractivity contribution < 1.29 is 4.42 Å². The minimum atomic E-state index is 0.743. The summed E-state index contributed by atoms with van der Waals surface area (Å²) in [6.45, 7) is 5.81. The van der Waals surface area contributed by atoms with Gasteiger partial charge in [0.2, 0.25) is 0 Å². The molecule has 2 heterocycles. The average molecular weight is 271 g/mol. The van der Waals surface area contributed by atoms with Crippen molar-refractivity contribution in [2.45, 2.75) is 32.9 Å². The number of benzene rings is 1. The Labute approximate surface area is 119 Å². The molecule has 0 saturated heterocycles. The lowest BCUT2D eigenvalue weighted by Gasteiger charge is -2.27. The summed E-state index contributed by atoms with van der Waals surface area (Å²) in [5.41, 5.74) is 3.80. The molecule has 4 nitrogen and oxygen atoms in total. The lowest BCUT2D eigenvalue weighted by molar-refractivity contribution is 0.523. The van der Waals surface area contributed by atoms with Crippen LogP contribution in [0.15, 0.2) is 34.9 Å². The summed E-state index contributed by atoms with van der Waals surface area (Å²) < 4.78 is 5.62.